The summed E-state index contributed by atoms with van der Waals surface area (Å²) < 4.78 is 28.6. The van der Waals surface area contributed by atoms with Crippen molar-refractivity contribution in [2.24, 2.45) is 0 Å². The Morgan fingerprint density at radius 3 is 2.44 bits per heavy atom. The quantitative estimate of drug-likeness (QED) is 0.863. The van der Waals surface area contributed by atoms with Crippen molar-refractivity contribution in [2.45, 2.75) is 38.0 Å². The van der Waals surface area contributed by atoms with Crippen LogP contribution in [-0.2, 0) is 14.6 Å². The first-order valence-electron chi connectivity index (χ1n) is 4.74. The summed E-state index contributed by atoms with van der Waals surface area (Å²) in [5.74, 6) is -0.366. The van der Waals surface area contributed by atoms with Crippen LogP contribution in [0.5, 0.6) is 0 Å². The van der Waals surface area contributed by atoms with Crippen molar-refractivity contribution in [1.82, 2.24) is 4.98 Å². The second-order valence-electron chi connectivity index (χ2n) is 3.67. The van der Waals surface area contributed by atoms with Crippen molar-refractivity contribution >= 4 is 21.8 Å². The molecule has 1 heterocycles. The summed E-state index contributed by atoms with van der Waals surface area (Å²) in [4.78, 5) is 14.6. The monoisotopic (exact) mass is 246 g/mol. The van der Waals surface area contributed by atoms with Gasteiger partial charge in [0.2, 0.25) is 20.8 Å². The summed E-state index contributed by atoms with van der Waals surface area (Å²) in [5.41, 5.74) is 0.248. The minimum atomic E-state index is -3.50. The number of oxazole rings is 1. The fourth-order valence-electron chi connectivity index (χ4n) is 1.06. The van der Waals surface area contributed by atoms with E-state index in [1.807, 2.05) is 0 Å². The molecule has 6 nitrogen and oxygen atoms in total. The molecule has 0 aliphatic carbocycles. The van der Waals surface area contributed by atoms with Gasteiger partial charge in [-0.05, 0) is 20.8 Å². The maximum atomic E-state index is 11.8. The number of hydrogen-bond acceptors (Lipinski definition) is 5. The second-order valence-corrected chi connectivity index (χ2v) is 6.07. The van der Waals surface area contributed by atoms with Gasteiger partial charge in [-0.3, -0.25) is 10.1 Å². The zero-order chi connectivity index (χ0) is 12.5. The smallest absolute Gasteiger partial charge is 0.302 e. The summed E-state index contributed by atoms with van der Waals surface area (Å²) in [5, 5.41) is 1.51. The van der Waals surface area contributed by atoms with Crippen molar-refractivity contribution in [1.29, 1.82) is 0 Å². The molecular weight excluding hydrogens is 232 g/mol. The molecule has 0 atom stereocenters. The van der Waals surface area contributed by atoms with E-state index >= 15 is 0 Å². The molecule has 0 saturated heterocycles. The molecule has 0 bridgehead atoms. The van der Waals surface area contributed by atoms with Gasteiger partial charge in [-0.2, -0.15) is 4.98 Å². The number of hydrogen-bond donors (Lipinski definition) is 1. The number of nitrogens with zero attached hydrogens (tertiary/aromatic N) is 1. The number of aryl methyl sites for hydroxylation is 1. The lowest BCUT2D eigenvalue weighted by Crippen LogP contribution is -2.14. The highest BCUT2D eigenvalue weighted by Crippen LogP contribution is 2.23. The lowest BCUT2D eigenvalue weighted by atomic mass is 10.6. The van der Waals surface area contributed by atoms with Crippen molar-refractivity contribution < 1.29 is 17.6 Å². The Bertz CT molecular complexity index is 502. The van der Waals surface area contributed by atoms with Crippen molar-refractivity contribution in [2.75, 3.05) is 5.32 Å². The van der Waals surface area contributed by atoms with E-state index in [0.29, 0.717) is 0 Å². The van der Waals surface area contributed by atoms with Gasteiger partial charge in [-0.25, -0.2) is 8.42 Å². The lowest BCUT2D eigenvalue weighted by molar-refractivity contribution is -0.114. The van der Waals surface area contributed by atoms with Crippen molar-refractivity contribution in [3.63, 3.8) is 0 Å². The van der Waals surface area contributed by atoms with E-state index in [4.69, 9.17) is 4.42 Å². The highest BCUT2D eigenvalue weighted by molar-refractivity contribution is 7.91. The van der Waals surface area contributed by atoms with Gasteiger partial charge in [0, 0.05) is 6.92 Å². The predicted octanol–water partition coefficient (Wildman–Crippen LogP) is 1.12. The molecule has 16 heavy (non-hydrogen) atoms. The largest absolute Gasteiger partial charge is 0.411 e. The van der Waals surface area contributed by atoms with E-state index in [0.717, 1.165) is 0 Å². The number of rotatable bonds is 3. The van der Waals surface area contributed by atoms with E-state index in [-0.39, 0.29) is 22.7 Å². The zero-order valence-electron chi connectivity index (χ0n) is 9.57. The van der Waals surface area contributed by atoms with Crippen LogP contribution in [0.3, 0.4) is 0 Å². The lowest BCUT2D eigenvalue weighted by Gasteiger charge is -2.03. The number of nitrogens with one attached hydrogen (secondary N) is 1. The van der Waals surface area contributed by atoms with Crippen LogP contribution in [0.2, 0.25) is 0 Å². The molecule has 0 unspecified atom stereocenters. The molecule has 1 amide bonds. The number of sulfone groups is 1. The topological polar surface area (TPSA) is 89.3 Å². The molecular formula is C9H14N2O4S. The van der Waals surface area contributed by atoms with Crippen LogP contribution in [0.1, 0.15) is 26.5 Å². The van der Waals surface area contributed by atoms with Gasteiger partial charge in [0.1, 0.15) is 0 Å². The van der Waals surface area contributed by atoms with Gasteiger partial charge in [0.05, 0.1) is 10.9 Å². The number of carbonyl (C=O) groups excluding carboxylic acids is 1. The molecule has 1 N–H and O–H groups in total. The molecule has 0 spiro atoms. The van der Waals surface area contributed by atoms with E-state index in [2.05, 4.69) is 10.3 Å². The Labute approximate surface area is 94.0 Å². The predicted molar refractivity (Wildman–Crippen MR) is 57.9 cm³/mol. The molecule has 0 radical (unpaired) electrons. The van der Waals surface area contributed by atoms with Gasteiger partial charge in [-0.1, -0.05) is 0 Å². The maximum absolute atomic E-state index is 11.8. The third-order valence-corrected chi connectivity index (χ3v) is 4.05. The standard InChI is InChI=1S/C9H14N2O4S/c1-5(2)16(13,14)8-6(3)10-9(15-8)11-7(4)12/h5H,1-4H3,(H,10,11,12). The third kappa shape index (κ3) is 2.41. The van der Waals surface area contributed by atoms with Gasteiger partial charge in [-0.15, -0.1) is 0 Å². The second kappa shape index (κ2) is 4.25. The van der Waals surface area contributed by atoms with Crippen LogP contribution >= 0.6 is 0 Å². The van der Waals surface area contributed by atoms with E-state index in [1.165, 1.54) is 13.8 Å². The summed E-state index contributed by atoms with van der Waals surface area (Å²) in [6.45, 7) is 5.91. The van der Waals surface area contributed by atoms with Crippen molar-refractivity contribution in [3.8, 4) is 0 Å². The summed E-state index contributed by atoms with van der Waals surface area (Å²) in [6.07, 6.45) is 0. The summed E-state index contributed by atoms with van der Waals surface area (Å²) in [7, 11) is -3.50. The van der Waals surface area contributed by atoms with E-state index in [1.54, 1.807) is 13.8 Å². The molecule has 0 aromatic carbocycles. The highest BCUT2D eigenvalue weighted by Gasteiger charge is 2.27. The molecule has 90 valence electrons. The molecule has 1 aromatic rings. The Balaban J connectivity index is 3.17. The maximum Gasteiger partial charge on any atom is 0.302 e. The van der Waals surface area contributed by atoms with Crippen molar-refractivity contribution in [3.05, 3.63) is 5.69 Å². The molecule has 1 rings (SSSR count). The minimum Gasteiger partial charge on any atom is -0.411 e. The van der Waals surface area contributed by atoms with E-state index < -0.39 is 15.1 Å². The van der Waals surface area contributed by atoms with Gasteiger partial charge < -0.3 is 4.42 Å². The third-order valence-electron chi connectivity index (χ3n) is 1.92. The fraction of sp³-hybridized carbons (Fsp3) is 0.556. The normalized spacial score (nSPS) is 11.8. The number of carbonyl (C=O) groups is 1. The van der Waals surface area contributed by atoms with Crippen LogP contribution in [0.15, 0.2) is 9.51 Å². The summed E-state index contributed by atoms with van der Waals surface area (Å²) in [6, 6.07) is -0.0933. The fourth-order valence-corrected chi connectivity index (χ4v) is 2.15. The van der Waals surface area contributed by atoms with E-state index in [9.17, 15) is 13.2 Å². The number of aromatic nitrogens is 1. The first kappa shape index (κ1) is 12.7. The molecule has 0 saturated carbocycles. The van der Waals surface area contributed by atoms with Crippen LogP contribution in [-0.4, -0.2) is 24.6 Å². The van der Waals surface area contributed by atoms with Crippen LogP contribution in [0, 0.1) is 6.92 Å². The van der Waals surface area contributed by atoms with Crippen LogP contribution < -0.4 is 5.32 Å². The van der Waals surface area contributed by atoms with Crippen LogP contribution in [0.25, 0.3) is 0 Å². The SMILES string of the molecule is CC(=O)Nc1nc(C)c(S(=O)(=O)C(C)C)o1. The first-order valence-corrected chi connectivity index (χ1v) is 6.28. The Morgan fingerprint density at radius 1 is 1.44 bits per heavy atom. The van der Waals surface area contributed by atoms with Gasteiger partial charge >= 0.3 is 6.01 Å². The Hall–Kier alpha value is -1.37. The molecule has 0 aliphatic rings. The molecule has 0 aliphatic heterocycles. The molecule has 7 heteroatoms. The minimum absolute atomic E-state index is 0.0933. The zero-order valence-corrected chi connectivity index (χ0v) is 10.4. The summed E-state index contributed by atoms with van der Waals surface area (Å²) >= 11 is 0. The Morgan fingerprint density at radius 2 is 2.00 bits per heavy atom. The van der Waals surface area contributed by atoms with Gasteiger partial charge in [0.25, 0.3) is 0 Å². The molecule has 0 fully saturated rings. The molecule has 1 aromatic heterocycles. The van der Waals surface area contributed by atoms with Crippen LogP contribution in [0.4, 0.5) is 6.01 Å². The van der Waals surface area contributed by atoms with Gasteiger partial charge in [0.15, 0.2) is 0 Å². The Kier molecular flexibility index (Phi) is 3.37. The number of amides is 1. The first-order chi connectivity index (χ1) is 7.25. The number of anilines is 1. The average molecular weight is 246 g/mol. The average Bonchev–Trinajstić information content (AvgIpc) is 2.45. The highest BCUT2D eigenvalue weighted by atomic mass is 32.2.